The second kappa shape index (κ2) is 6.30. The van der Waals surface area contributed by atoms with Gasteiger partial charge in [0, 0.05) is 4.88 Å². The third-order valence-electron chi connectivity index (χ3n) is 3.90. The van der Waals surface area contributed by atoms with Gasteiger partial charge in [-0.05, 0) is 37.1 Å². The van der Waals surface area contributed by atoms with E-state index in [2.05, 4.69) is 47.7 Å². The minimum absolute atomic E-state index is 1.01. The molecule has 0 aliphatic rings. The Morgan fingerprint density at radius 2 is 1.74 bits per heavy atom. The molecule has 2 nitrogen and oxygen atoms in total. The van der Waals surface area contributed by atoms with E-state index in [-0.39, 0.29) is 0 Å². The van der Waals surface area contributed by atoms with Crippen molar-refractivity contribution in [2.45, 2.75) is 26.2 Å². The number of aryl methyl sites for hydroxylation is 1. The molecule has 4 rings (SSSR count). The molecule has 0 atom stereocenters. The number of para-hydroxylation sites is 2. The molecule has 0 fully saturated rings. The molecule has 23 heavy (non-hydrogen) atoms. The van der Waals surface area contributed by atoms with Crippen LogP contribution in [0.1, 0.15) is 24.6 Å². The average Bonchev–Trinajstić information content (AvgIpc) is 3.12. The van der Waals surface area contributed by atoms with Gasteiger partial charge in [-0.1, -0.05) is 55.0 Å². The molecule has 0 unspecified atom stereocenters. The van der Waals surface area contributed by atoms with E-state index in [4.69, 9.17) is 4.99 Å². The van der Waals surface area contributed by atoms with Crippen molar-refractivity contribution in [1.29, 1.82) is 0 Å². The average molecular weight is 339 g/mol. The molecule has 0 saturated heterocycles. The van der Waals surface area contributed by atoms with Crippen molar-refractivity contribution in [1.82, 2.24) is 4.40 Å². The maximum absolute atomic E-state index is 4.91. The van der Waals surface area contributed by atoms with Crippen molar-refractivity contribution >= 4 is 43.4 Å². The van der Waals surface area contributed by atoms with Gasteiger partial charge in [0.05, 0.1) is 15.9 Å². The zero-order chi connectivity index (χ0) is 15.6. The molecule has 0 spiro atoms. The Morgan fingerprint density at radius 3 is 2.57 bits per heavy atom. The van der Waals surface area contributed by atoms with Crippen LogP contribution in [0, 0.1) is 0 Å². The number of rotatable bonds is 4. The van der Waals surface area contributed by atoms with Crippen molar-refractivity contribution in [3.05, 3.63) is 64.3 Å². The number of benzene rings is 2. The Balaban J connectivity index is 2.00. The van der Waals surface area contributed by atoms with Crippen LogP contribution in [0.25, 0.3) is 15.0 Å². The predicted molar refractivity (Wildman–Crippen MR) is 101 cm³/mol. The number of nitrogens with zero attached hydrogens (tertiary/aromatic N) is 2. The summed E-state index contributed by atoms with van der Waals surface area (Å²) in [5, 5.41) is 0. The van der Waals surface area contributed by atoms with Gasteiger partial charge in [0.2, 0.25) is 0 Å². The van der Waals surface area contributed by atoms with Crippen LogP contribution >= 0.6 is 22.7 Å². The molecule has 0 saturated carbocycles. The summed E-state index contributed by atoms with van der Waals surface area (Å²) < 4.78 is 3.67. The van der Waals surface area contributed by atoms with Crippen LogP contribution in [0.15, 0.2) is 59.6 Å². The van der Waals surface area contributed by atoms with Crippen molar-refractivity contribution in [3.8, 4) is 0 Å². The SMILES string of the molecule is CCCCc1sc(=Nc2ccccc2)n2c1sc1ccccc12. The van der Waals surface area contributed by atoms with E-state index >= 15 is 0 Å². The lowest BCUT2D eigenvalue weighted by atomic mass is 10.2. The van der Waals surface area contributed by atoms with E-state index in [1.165, 1.54) is 32.8 Å². The third kappa shape index (κ3) is 2.73. The Labute approximate surface area is 143 Å². The van der Waals surface area contributed by atoms with Gasteiger partial charge >= 0.3 is 0 Å². The summed E-state index contributed by atoms with van der Waals surface area (Å²) in [6, 6.07) is 18.9. The zero-order valence-electron chi connectivity index (χ0n) is 13.0. The fourth-order valence-electron chi connectivity index (χ4n) is 2.74. The smallest absolute Gasteiger partial charge is 0.196 e. The topological polar surface area (TPSA) is 16.8 Å². The molecule has 2 aromatic carbocycles. The minimum atomic E-state index is 1.01. The Hall–Kier alpha value is -1.91. The van der Waals surface area contributed by atoms with Crippen LogP contribution in [-0.4, -0.2) is 4.40 Å². The Kier molecular flexibility index (Phi) is 4.02. The van der Waals surface area contributed by atoms with Crippen molar-refractivity contribution in [3.63, 3.8) is 0 Å². The standard InChI is InChI=1S/C19H18N2S2/c1-2-3-12-17-18-21(15-11-7-8-13-16(15)22-18)19(23-17)20-14-9-5-4-6-10-14/h4-11,13H,2-3,12H2,1H3. The largest absolute Gasteiger partial charge is 0.275 e. The van der Waals surface area contributed by atoms with Gasteiger partial charge in [0.1, 0.15) is 4.83 Å². The van der Waals surface area contributed by atoms with Crippen LogP contribution in [0.4, 0.5) is 5.69 Å². The highest BCUT2D eigenvalue weighted by Crippen LogP contribution is 2.30. The van der Waals surface area contributed by atoms with E-state index in [1.54, 1.807) is 0 Å². The molecule has 4 aromatic rings. The van der Waals surface area contributed by atoms with Crippen LogP contribution in [0.3, 0.4) is 0 Å². The van der Waals surface area contributed by atoms with Crippen LogP contribution in [-0.2, 0) is 6.42 Å². The molecule has 0 aliphatic heterocycles. The van der Waals surface area contributed by atoms with E-state index in [9.17, 15) is 0 Å². The number of thiazole rings is 2. The van der Waals surface area contributed by atoms with E-state index < -0.39 is 0 Å². The molecule has 4 heteroatoms. The van der Waals surface area contributed by atoms with Gasteiger partial charge < -0.3 is 0 Å². The number of unbranched alkanes of at least 4 members (excludes halogenated alkanes) is 1. The molecular weight excluding hydrogens is 320 g/mol. The van der Waals surface area contributed by atoms with Crippen molar-refractivity contribution in [2.75, 3.05) is 0 Å². The van der Waals surface area contributed by atoms with Gasteiger partial charge in [-0.2, -0.15) is 0 Å². The summed E-state index contributed by atoms with van der Waals surface area (Å²) >= 11 is 3.72. The molecule has 2 aromatic heterocycles. The fourth-order valence-corrected chi connectivity index (χ4v) is 5.24. The Morgan fingerprint density at radius 1 is 0.957 bits per heavy atom. The molecule has 0 N–H and O–H groups in total. The lowest BCUT2D eigenvalue weighted by Gasteiger charge is -1.92. The minimum Gasteiger partial charge on any atom is -0.275 e. The summed E-state index contributed by atoms with van der Waals surface area (Å²) in [5.41, 5.74) is 2.28. The zero-order valence-corrected chi connectivity index (χ0v) is 14.7. The van der Waals surface area contributed by atoms with Gasteiger partial charge in [-0.15, -0.1) is 11.3 Å². The monoisotopic (exact) mass is 338 g/mol. The lowest BCUT2D eigenvalue weighted by Crippen LogP contribution is -2.03. The molecular formula is C19H18N2S2. The fraction of sp³-hybridized carbons (Fsp3) is 0.211. The van der Waals surface area contributed by atoms with Crippen LogP contribution in [0.5, 0.6) is 0 Å². The predicted octanol–water partition coefficient (Wildman–Crippen LogP) is 5.79. The molecule has 0 aliphatic carbocycles. The van der Waals surface area contributed by atoms with Gasteiger partial charge in [0.15, 0.2) is 4.80 Å². The first kappa shape index (κ1) is 14.7. The first-order chi connectivity index (χ1) is 11.4. The highest BCUT2D eigenvalue weighted by Gasteiger charge is 2.12. The first-order valence-electron chi connectivity index (χ1n) is 7.98. The second-order valence-electron chi connectivity index (χ2n) is 5.57. The summed E-state index contributed by atoms with van der Waals surface area (Å²) in [6.07, 6.45) is 3.59. The van der Waals surface area contributed by atoms with Gasteiger partial charge in [-0.25, -0.2) is 4.99 Å². The lowest BCUT2D eigenvalue weighted by molar-refractivity contribution is 0.806. The highest BCUT2D eigenvalue weighted by molar-refractivity contribution is 7.26. The third-order valence-corrected chi connectivity index (χ3v) is 6.32. The van der Waals surface area contributed by atoms with Crippen molar-refractivity contribution < 1.29 is 0 Å². The summed E-state index contributed by atoms with van der Waals surface area (Å²) in [4.78, 5) is 8.81. The van der Waals surface area contributed by atoms with Gasteiger partial charge in [-0.3, -0.25) is 4.40 Å². The number of aromatic nitrogens is 1. The van der Waals surface area contributed by atoms with Gasteiger partial charge in [0.25, 0.3) is 0 Å². The quantitative estimate of drug-likeness (QED) is 0.448. The highest BCUT2D eigenvalue weighted by atomic mass is 32.1. The van der Waals surface area contributed by atoms with E-state index in [0.717, 1.165) is 16.9 Å². The number of hydrogen-bond acceptors (Lipinski definition) is 3. The Bertz CT molecular complexity index is 1010. The summed E-state index contributed by atoms with van der Waals surface area (Å²) in [7, 11) is 0. The van der Waals surface area contributed by atoms with E-state index in [0.29, 0.717) is 0 Å². The van der Waals surface area contributed by atoms with Crippen LogP contribution in [0.2, 0.25) is 0 Å². The molecule has 0 bridgehead atoms. The van der Waals surface area contributed by atoms with Crippen LogP contribution < -0.4 is 4.80 Å². The van der Waals surface area contributed by atoms with Crippen molar-refractivity contribution in [2.24, 2.45) is 4.99 Å². The van der Waals surface area contributed by atoms with E-state index in [1.807, 2.05) is 40.9 Å². The molecule has 2 heterocycles. The first-order valence-corrected chi connectivity index (χ1v) is 9.62. The number of hydrogen-bond donors (Lipinski definition) is 0. The normalized spacial score (nSPS) is 12.5. The maximum Gasteiger partial charge on any atom is 0.196 e. The summed E-state index contributed by atoms with van der Waals surface area (Å²) in [6.45, 7) is 2.25. The molecule has 0 radical (unpaired) electrons. The maximum atomic E-state index is 4.91. The molecule has 0 amide bonds. The number of fused-ring (bicyclic) bond motifs is 3. The second-order valence-corrected chi connectivity index (χ2v) is 7.66. The summed E-state index contributed by atoms with van der Waals surface area (Å²) in [5.74, 6) is 0. The molecule has 116 valence electrons.